The lowest BCUT2D eigenvalue weighted by Gasteiger charge is -1.99. The Kier molecular flexibility index (Phi) is 1.63. The van der Waals surface area contributed by atoms with Crippen molar-refractivity contribution in [3.05, 3.63) is 42.5 Å². The molecular formula is C9H8N2O. The van der Waals surface area contributed by atoms with E-state index in [1.807, 2.05) is 18.2 Å². The van der Waals surface area contributed by atoms with E-state index in [0.29, 0.717) is 0 Å². The minimum absolute atomic E-state index is 0.0116. The number of nitrogens with zero attached hydrogens (tertiary/aromatic N) is 2. The quantitative estimate of drug-likeness (QED) is 0.622. The summed E-state index contributed by atoms with van der Waals surface area (Å²) in [6, 6.07) is 0. The molecule has 1 aromatic heterocycles. The molecule has 0 fully saturated rings. The molecule has 3 heteroatoms. The van der Waals surface area contributed by atoms with Gasteiger partial charge in [-0.3, -0.25) is 9.36 Å². The molecule has 0 amide bonds. The molecule has 0 aromatic carbocycles. The SMILES string of the molecule is O=C(C1=CC=CC1)n1ccnc1. The summed E-state index contributed by atoms with van der Waals surface area (Å²) < 4.78 is 1.48. The van der Waals surface area contributed by atoms with Crippen LogP contribution in [0, 0.1) is 0 Å². The summed E-state index contributed by atoms with van der Waals surface area (Å²) in [5.74, 6) is 0.0116. The molecule has 1 heterocycles. The van der Waals surface area contributed by atoms with Crippen LogP contribution in [0.5, 0.6) is 0 Å². The van der Waals surface area contributed by atoms with E-state index in [4.69, 9.17) is 0 Å². The van der Waals surface area contributed by atoms with Gasteiger partial charge in [-0.2, -0.15) is 0 Å². The maximum atomic E-state index is 11.5. The second-order valence-electron chi connectivity index (χ2n) is 2.60. The summed E-state index contributed by atoms with van der Waals surface area (Å²) in [5.41, 5.74) is 0.813. The fourth-order valence-electron chi connectivity index (χ4n) is 1.15. The first kappa shape index (κ1) is 7.03. The van der Waals surface area contributed by atoms with Crippen molar-refractivity contribution in [2.24, 2.45) is 0 Å². The van der Waals surface area contributed by atoms with Crippen LogP contribution in [0.1, 0.15) is 11.2 Å². The second-order valence-corrected chi connectivity index (χ2v) is 2.60. The van der Waals surface area contributed by atoms with Crippen LogP contribution >= 0.6 is 0 Å². The minimum Gasteiger partial charge on any atom is -0.273 e. The molecule has 0 saturated heterocycles. The summed E-state index contributed by atoms with van der Waals surface area (Å²) in [4.78, 5) is 15.3. The number of aromatic nitrogens is 2. The number of hydrogen-bond acceptors (Lipinski definition) is 2. The van der Waals surface area contributed by atoms with Crippen molar-refractivity contribution in [1.29, 1.82) is 0 Å². The van der Waals surface area contributed by atoms with Crippen LogP contribution in [0.15, 0.2) is 42.5 Å². The van der Waals surface area contributed by atoms with Gasteiger partial charge in [0, 0.05) is 18.0 Å². The number of hydrogen-bond donors (Lipinski definition) is 0. The molecule has 12 heavy (non-hydrogen) atoms. The molecule has 1 aromatic rings. The van der Waals surface area contributed by atoms with Gasteiger partial charge in [0.2, 0.25) is 0 Å². The second kappa shape index (κ2) is 2.77. The van der Waals surface area contributed by atoms with Crippen molar-refractivity contribution in [2.75, 3.05) is 0 Å². The lowest BCUT2D eigenvalue weighted by molar-refractivity contribution is 0.0953. The third-order valence-corrected chi connectivity index (χ3v) is 1.78. The molecular weight excluding hydrogens is 152 g/mol. The molecule has 0 saturated carbocycles. The lowest BCUT2D eigenvalue weighted by Crippen LogP contribution is -2.09. The molecule has 60 valence electrons. The van der Waals surface area contributed by atoms with Gasteiger partial charge in [-0.25, -0.2) is 4.98 Å². The summed E-state index contributed by atoms with van der Waals surface area (Å²) in [5, 5.41) is 0. The van der Waals surface area contributed by atoms with Gasteiger partial charge in [0.05, 0.1) is 0 Å². The Morgan fingerprint density at radius 2 is 2.50 bits per heavy atom. The average molecular weight is 160 g/mol. The zero-order chi connectivity index (χ0) is 8.39. The molecule has 0 N–H and O–H groups in total. The Bertz CT molecular complexity index is 347. The first-order valence-electron chi connectivity index (χ1n) is 3.76. The van der Waals surface area contributed by atoms with E-state index < -0.39 is 0 Å². The Morgan fingerprint density at radius 3 is 3.08 bits per heavy atom. The fraction of sp³-hybridized carbons (Fsp3) is 0.111. The van der Waals surface area contributed by atoms with Crippen molar-refractivity contribution < 1.29 is 4.79 Å². The highest BCUT2D eigenvalue weighted by Crippen LogP contribution is 2.12. The first-order chi connectivity index (χ1) is 5.88. The first-order valence-corrected chi connectivity index (χ1v) is 3.76. The summed E-state index contributed by atoms with van der Waals surface area (Å²) >= 11 is 0. The molecule has 0 aliphatic heterocycles. The predicted octanol–water partition coefficient (Wildman–Crippen LogP) is 1.41. The number of allylic oxidation sites excluding steroid dienone is 4. The molecule has 0 radical (unpaired) electrons. The molecule has 0 unspecified atom stereocenters. The van der Waals surface area contributed by atoms with Gasteiger partial charge in [-0.15, -0.1) is 0 Å². The highest BCUT2D eigenvalue weighted by molar-refractivity contribution is 5.96. The lowest BCUT2D eigenvalue weighted by atomic mass is 10.2. The molecule has 0 spiro atoms. The van der Waals surface area contributed by atoms with Crippen LogP contribution in [-0.4, -0.2) is 15.5 Å². The predicted molar refractivity (Wildman–Crippen MR) is 44.7 cm³/mol. The third-order valence-electron chi connectivity index (χ3n) is 1.78. The van der Waals surface area contributed by atoms with Gasteiger partial charge >= 0.3 is 0 Å². The van der Waals surface area contributed by atoms with Crippen molar-refractivity contribution in [1.82, 2.24) is 9.55 Å². The van der Waals surface area contributed by atoms with Crippen LogP contribution in [0.4, 0.5) is 0 Å². The number of carbonyl (C=O) groups excluding carboxylic acids is 1. The average Bonchev–Trinajstić information content (AvgIpc) is 2.77. The van der Waals surface area contributed by atoms with Crippen molar-refractivity contribution in [3.63, 3.8) is 0 Å². The van der Waals surface area contributed by atoms with Crippen molar-refractivity contribution >= 4 is 5.91 Å². The Labute approximate surface area is 70.0 Å². The monoisotopic (exact) mass is 160 g/mol. The molecule has 0 atom stereocenters. The number of carbonyl (C=O) groups is 1. The Hall–Kier alpha value is -1.64. The smallest absolute Gasteiger partial charge is 0.259 e. The maximum Gasteiger partial charge on any atom is 0.259 e. The van der Waals surface area contributed by atoms with E-state index in [2.05, 4.69) is 4.98 Å². The van der Waals surface area contributed by atoms with Gasteiger partial charge in [0.25, 0.3) is 5.91 Å². The van der Waals surface area contributed by atoms with Crippen molar-refractivity contribution in [3.8, 4) is 0 Å². The number of rotatable bonds is 1. The molecule has 1 aliphatic rings. The topological polar surface area (TPSA) is 34.9 Å². The standard InChI is InChI=1S/C9H8N2O/c12-9(8-3-1-2-4-8)11-6-5-10-7-11/h1-3,5-7H,4H2. The van der Waals surface area contributed by atoms with Crippen molar-refractivity contribution in [2.45, 2.75) is 6.42 Å². The normalized spacial score (nSPS) is 14.8. The van der Waals surface area contributed by atoms with E-state index in [1.165, 1.54) is 10.9 Å². The van der Waals surface area contributed by atoms with E-state index >= 15 is 0 Å². The summed E-state index contributed by atoms with van der Waals surface area (Å²) in [6.45, 7) is 0. The minimum atomic E-state index is 0.0116. The van der Waals surface area contributed by atoms with Crippen LogP contribution in [0.25, 0.3) is 0 Å². The maximum absolute atomic E-state index is 11.5. The van der Waals surface area contributed by atoms with E-state index in [-0.39, 0.29) is 5.91 Å². The van der Waals surface area contributed by atoms with E-state index in [1.54, 1.807) is 12.4 Å². The van der Waals surface area contributed by atoms with E-state index in [0.717, 1.165) is 12.0 Å². The highest BCUT2D eigenvalue weighted by atomic mass is 16.2. The van der Waals surface area contributed by atoms with Gasteiger partial charge in [-0.05, 0) is 6.42 Å². The zero-order valence-electron chi connectivity index (χ0n) is 6.47. The van der Waals surface area contributed by atoms with Crippen LogP contribution in [0.2, 0.25) is 0 Å². The van der Waals surface area contributed by atoms with E-state index in [9.17, 15) is 4.79 Å². The van der Waals surface area contributed by atoms with Gasteiger partial charge in [0.1, 0.15) is 6.33 Å². The summed E-state index contributed by atoms with van der Waals surface area (Å²) in [6.07, 6.45) is 11.2. The van der Waals surface area contributed by atoms with Gasteiger partial charge in [-0.1, -0.05) is 18.2 Å². The van der Waals surface area contributed by atoms with Gasteiger partial charge in [0.15, 0.2) is 0 Å². The highest BCUT2D eigenvalue weighted by Gasteiger charge is 2.10. The number of imidazole rings is 1. The van der Waals surface area contributed by atoms with Crippen LogP contribution in [-0.2, 0) is 0 Å². The fourth-order valence-corrected chi connectivity index (χ4v) is 1.15. The molecule has 0 bridgehead atoms. The third kappa shape index (κ3) is 1.09. The largest absolute Gasteiger partial charge is 0.273 e. The van der Waals surface area contributed by atoms with Crippen LogP contribution < -0.4 is 0 Å². The Balaban J connectivity index is 2.22. The molecule has 3 nitrogen and oxygen atoms in total. The zero-order valence-corrected chi connectivity index (χ0v) is 6.47. The summed E-state index contributed by atoms with van der Waals surface area (Å²) in [7, 11) is 0. The van der Waals surface area contributed by atoms with Crippen LogP contribution in [0.3, 0.4) is 0 Å². The molecule has 1 aliphatic carbocycles. The molecule has 2 rings (SSSR count). The van der Waals surface area contributed by atoms with Gasteiger partial charge < -0.3 is 0 Å². The Morgan fingerprint density at radius 1 is 1.58 bits per heavy atom.